The predicted molar refractivity (Wildman–Crippen MR) is 103 cm³/mol. The Morgan fingerprint density at radius 2 is 1.93 bits per heavy atom. The van der Waals surface area contributed by atoms with E-state index in [0.717, 1.165) is 16.7 Å². The molecule has 1 aromatic rings. The van der Waals surface area contributed by atoms with Gasteiger partial charge in [-0.3, -0.25) is 0 Å². The Bertz CT molecular complexity index is 762. The number of aliphatic hydroxyl groups excluding tert-OH is 1. The average Bonchev–Trinajstić information content (AvgIpc) is 2.88. The molecule has 1 unspecified atom stereocenters. The molecule has 0 bridgehead atoms. The van der Waals surface area contributed by atoms with Crippen molar-refractivity contribution in [1.29, 1.82) is 0 Å². The van der Waals surface area contributed by atoms with E-state index in [1.807, 2.05) is 58.1 Å². The zero-order valence-corrected chi connectivity index (χ0v) is 16.4. The number of hydrogen-bond acceptors (Lipinski definition) is 5. The van der Waals surface area contributed by atoms with E-state index in [1.54, 1.807) is 6.08 Å². The Morgan fingerprint density at radius 1 is 1.15 bits per heavy atom. The van der Waals surface area contributed by atoms with Gasteiger partial charge in [-0.2, -0.15) is 0 Å². The zero-order valence-electron chi connectivity index (χ0n) is 16.4. The molecule has 5 nitrogen and oxygen atoms in total. The van der Waals surface area contributed by atoms with Crippen LogP contribution in [-0.4, -0.2) is 41.8 Å². The molecule has 2 aliphatic rings. The summed E-state index contributed by atoms with van der Waals surface area (Å²) in [6, 6.07) is 3.97. The molecule has 27 heavy (non-hydrogen) atoms. The molecule has 146 valence electrons. The van der Waals surface area contributed by atoms with Crippen molar-refractivity contribution in [2.75, 3.05) is 6.61 Å². The highest BCUT2D eigenvalue weighted by Crippen LogP contribution is 2.32. The quantitative estimate of drug-likeness (QED) is 0.556. The van der Waals surface area contributed by atoms with E-state index < -0.39 is 18.0 Å². The standard InChI is InChI=1S/C22H28O5/c1-14-12-15(2)19-16(13-14)8-7-10-18-20(27-22(3,4)26-18)17(23)9-5-6-11-25-21(19)24/h5,7-9,12-13,17-18,20,23H,6,10-11H2,1-4H3/b8-7+,9-5-/t17?,18-,20+/m0/s1. The van der Waals surface area contributed by atoms with E-state index in [9.17, 15) is 9.90 Å². The van der Waals surface area contributed by atoms with Crippen LogP contribution < -0.4 is 0 Å². The molecule has 0 aromatic heterocycles. The lowest BCUT2D eigenvalue weighted by Gasteiger charge is -2.19. The number of carbonyl (C=O) groups excluding carboxylic acids is 1. The van der Waals surface area contributed by atoms with Crippen LogP contribution in [0.25, 0.3) is 6.08 Å². The Hall–Kier alpha value is -1.95. The van der Waals surface area contributed by atoms with Gasteiger partial charge in [-0.1, -0.05) is 42.0 Å². The average molecular weight is 372 g/mol. The van der Waals surface area contributed by atoms with Crippen molar-refractivity contribution in [2.45, 2.75) is 64.6 Å². The molecule has 2 aliphatic heterocycles. The summed E-state index contributed by atoms with van der Waals surface area (Å²) < 4.78 is 17.3. The summed E-state index contributed by atoms with van der Waals surface area (Å²) in [5.74, 6) is -1.06. The van der Waals surface area contributed by atoms with Crippen molar-refractivity contribution in [2.24, 2.45) is 0 Å². The second kappa shape index (κ2) is 7.97. The van der Waals surface area contributed by atoms with E-state index in [0.29, 0.717) is 18.4 Å². The SMILES string of the molecule is Cc1cc(C)c2c(c1)/C=C/C[C@@H]1OC(C)(C)O[C@@H]1C(O)/C=C\CCOC2=O. The van der Waals surface area contributed by atoms with Crippen LogP contribution in [0.5, 0.6) is 0 Å². The van der Waals surface area contributed by atoms with Crippen molar-refractivity contribution in [3.63, 3.8) is 0 Å². The van der Waals surface area contributed by atoms with Crippen LogP contribution in [0.15, 0.2) is 30.4 Å². The fourth-order valence-corrected chi connectivity index (χ4v) is 3.71. The van der Waals surface area contributed by atoms with Crippen LogP contribution in [0.4, 0.5) is 0 Å². The van der Waals surface area contributed by atoms with Crippen molar-refractivity contribution in [1.82, 2.24) is 0 Å². The van der Waals surface area contributed by atoms with Gasteiger partial charge in [0.25, 0.3) is 0 Å². The topological polar surface area (TPSA) is 65.0 Å². The summed E-state index contributed by atoms with van der Waals surface area (Å²) in [4.78, 5) is 12.6. The molecule has 0 spiro atoms. The largest absolute Gasteiger partial charge is 0.462 e. The maximum Gasteiger partial charge on any atom is 0.339 e. The molecule has 0 saturated carbocycles. The second-order valence-corrected chi connectivity index (χ2v) is 7.67. The number of aryl methyl sites for hydroxylation is 2. The monoisotopic (exact) mass is 372 g/mol. The van der Waals surface area contributed by atoms with Gasteiger partial charge in [-0.25, -0.2) is 4.79 Å². The minimum absolute atomic E-state index is 0.259. The first kappa shape index (κ1) is 19.8. The van der Waals surface area contributed by atoms with E-state index in [1.165, 1.54) is 0 Å². The molecule has 0 amide bonds. The van der Waals surface area contributed by atoms with Gasteiger partial charge in [0.2, 0.25) is 0 Å². The lowest BCUT2D eigenvalue weighted by atomic mass is 9.97. The van der Waals surface area contributed by atoms with Crippen LogP contribution in [0, 0.1) is 13.8 Å². The lowest BCUT2D eigenvalue weighted by molar-refractivity contribution is -0.152. The van der Waals surface area contributed by atoms with E-state index in [4.69, 9.17) is 14.2 Å². The molecule has 3 atom stereocenters. The third-order valence-corrected chi connectivity index (χ3v) is 4.79. The molecule has 0 radical (unpaired) electrons. The van der Waals surface area contributed by atoms with Gasteiger partial charge < -0.3 is 19.3 Å². The van der Waals surface area contributed by atoms with Crippen molar-refractivity contribution in [3.8, 4) is 0 Å². The van der Waals surface area contributed by atoms with E-state index in [2.05, 4.69) is 0 Å². The van der Waals surface area contributed by atoms with Gasteiger partial charge >= 0.3 is 5.97 Å². The summed E-state index contributed by atoms with van der Waals surface area (Å²) in [5, 5.41) is 10.5. The smallest absolute Gasteiger partial charge is 0.339 e. The van der Waals surface area contributed by atoms with Crippen LogP contribution in [0.3, 0.4) is 0 Å². The first-order valence-electron chi connectivity index (χ1n) is 9.42. The van der Waals surface area contributed by atoms with Crippen LogP contribution in [0.1, 0.15) is 53.7 Å². The fourth-order valence-electron chi connectivity index (χ4n) is 3.71. The number of rotatable bonds is 0. The molecule has 1 saturated heterocycles. The molecule has 1 aromatic carbocycles. The van der Waals surface area contributed by atoms with Gasteiger partial charge in [0.1, 0.15) is 12.2 Å². The summed E-state index contributed by atoms with van der Waals surface area (Å²) in [7, 11) is 0. The number of esters is 1. The molecule has 2 heterocycles. The predicted octanol–water partition coefficient (Wildman–Crippen LogP) is 3.70. The van der Waals surface area contributed by atoms with E-state index >= 15 is 0 Å². The van der Waals surface area contributed by atoms with Crippen molar-refractivity contribution in [3.05, 3.63) is 52.6 Å². The maximum atomic E-state index is 12.6. The molecule has 1 N–H and O–H groups in total. The fraction of sp³-hybridized carbons (Fsp3) is 0.500. The van der Waals surface area contributed by atoms with Crippen molar-refractivity contribution >= 4 is 12.0 Å². The third-order valence-electron chi connectivity index (χ3n) is 4.79. The Kier molecular flexibility index (Phi) is 5.84. The Morgan fingerprint density at radius 3 is 2.70 bits per heavy atom. The minimum atomic E-state index is -0.777. The van der Waals surface area contributed by atoms with Crippen LogP contribution in [0.2, 0.25) is 0 Å². The number of benzene rings is 1. The number of carbonyl (C=O) groups is 1. The normalized spacial score (nSPS) is 30.6. The van der Waals surface area contributed by atoms with Crippen LogP contribution >= 0.6 is 0 Å². The highest BCUT2D eigenvalue weighted by molar-refractivity contribution is 5.95. The number of hydrogen-bond donors (Lipinski definition) is 1. The number of fused-ring (bicyclic) bond motifs is 2. The van der Waals surface area contributed by atoms with E-state index in [-0.39, 0.29) is 18.7 Å². The molecule has 3 rings (SSSR count). The molecular formula is C22H28O5. The number of cyclic esters (lactones) is 1. The number of ether oxygens (including phenoxy) is 3. The van der Waals surface area contributed by atoms with Crippen LogP contribution in [-0.2, 0) is 14.2 Å². The van der Waals surface area contributed by atoms with Crippen molar-refractivity contribution < 1.29 is 24.1 Å². The number of aliphatic hydroxyl groups is 1. The second-order valence-electron chi connectivity index (χ2n) is 7.67. The lowest BCUT2D eigenvalue weighted by Crippen LogP contribution is -2.34. The zero-order chi connectivity index (χ0) is 19.6. The molecular weight excluding hydrogens is 344 g/mol. The maximum absolute atomic E-state index is 12.6. The highest BCUT2D eigenvalue weighted by Gasteiger charge is 2.43. The highest BCUT2D eigenvalue weighted by atomic mass is 16.8. The first-order chi connectivity index (χ1) is 12.8. The van der Waals surface area contributed by atoms with Gasteiger partial charge in [0.05, 0.1) is 18.3 Å². The summed E-state index contributed by atoms with van der Waals surface area (Å²) in [6.45, 7) is 7.89. The molecule has 1 fully saturated rings. The summed E-state index contributed by atoms with van der Waals surface area (Å²) in [5.41, 5.74) is 3.42. The van der Waals surface area contributed by atoms with Gasteiger partial charge in [0.15, 0.2) is 5.79 Å². The summed E-state index contributed by atoms with van der Waals surface area (Å²) >= 11 is 0. The molecule has 0 aliphatic carbocycles. The third kappa shape index (κ3) is 4.67. The van der Waals surface area contributed by atoms with Gasteiger partial charge in [-0.15, -0.1) is 0 Å². The summed E-state index contributed by atoms with van der Waals surface area (Å²) in [6.07, 6.45) is 7.01. The van der Waals surface area contributed by atoms with Gasteiger partial charge in [0, 0.05) is 0 Å². The molecule has 5 heteroatoms. The minimum Gasteiger partial charge on any atom is -0.462 e. The first-order valence-corrected chi connectivity index (χ1v) is 9.42. The Labute approximate surface area is 160 Å². The van der Waals surface area contributed by atoms with Gasteiger partial charge in [-0.05, 0) is 51.7 Å². The Balaban J connectivity index is 1.94.